The van der Waals surface area contributed by atoms with Gasteiger partial charge >= 0.3 is 0 Å². The fraction of sp³-hybridized carbons (Fsp3) is 0.474. The van der Waals surface area contributed by atoms with Crippen LogP contribution in [-0.4, -0.2) is 4.57 Å². The summed E-state index contributed by atoms with van der Waals surface area (Å²) in [5.74, 6) is 0. The van der Waals surface area contributed by atoms with Crippen molar-refractivity contribution in [2.45, 2.75) is 57.5 Å². The van der Waals surface area contributed by atoms with Gasteiger partial charge in [0.05, 0.1) is 0 Å². The maximum Gasteiger partial charge on any atom is 0.0470 e. The molecule has 0 amide bonds. The second-order valence-corrected chi connectivity index (χ2v) is 6.72. The lowest BCUT2D eigenvalue weighted by atomic mass is 10.1. The quantitative estimate of drug-likeness (QED) is 0.834. The Labute approximate surface area is 127 Å². The third-order valence-corrected chi connectivity index (χ3v) is 5.14. The van der Waals surface area contributed by atoms with Gasteiger partial charge in [-0.3, -0.25) is 0 Å². The third kappa shape index (κ3) is 2.53. The van der Waals surface area contributed by atoms with Gasteiger partial charge in [-0.2, -0.15) is 0 Å². The van der Waals surface area contributed by atoms with Crippen LogP contribution in [0.15, 0.2) is 30.6 Å². The summed E-state index contributed by atoms with van der Waals surface area (Å²) in [5, 5.41) is 0. The molecule has 4 rings (SSSR count). The standard InChI is InChI=1S/C19H24N2/c20-19-7-2-1-4-17-12-21(13-18(17)19)11-14-8-9-15-5-3-6-16(15)10-14/h8-10,12-13,19H,1-7,11,20H2. The summed E-state index contributed by atoms with van der Waals surface area (Å²) >= 11 is 0. The SMILES string of the molecule is NC1CCCCc2cn(Cc3ccc4c(c3)CCC4)cc21. The average Bonchev–Trinajstić information content (AvgIpc) is 3.06. The predicted molar refractivity (Wildman–Crippen MR) is 86.5 cm³/mol. The fourth-order valence-electron chi connectivity index (χ4n) is 3.98. The van der Waals surface area contributed by atoms with Crippen LogP contribution in [0.3, 0.4) is 0 Å². The van der Waals surface area contributed by atoms with Crippen molar-refractivity contribution in [1.29, 1.82) is 0 Å². The van der Waals surface area contributed by atoms with Gasteiger partial charge in [-0.05, 0) is 66.3 Å². The van der Waals surface area contributed by atoms with Crippen molar-refractivity contribution in [3.8, 4) is 0 Å². The van der Waals surface area contributed by atoms with Gasteiger partial charge in [0.25, 0.3) is 0 Å². The van der Waals surface area contributed by atoms with Gasteiger partial charge in [0.2, 0.25) is 0 Å². The molecule has 2 aliphatic rings. The molecule has 1 unspecified atom stereocenters. The molecule has 21 heavy (non-hydrogen) atoms. The highest BCUT2D eigenvalue weighted by atomic mass is 14.9. The molecular weight excluding hydrogens is 256 g/mol. The first kappa shape index (κ1) is 13.1. The normalized spacial score (nSPS) is 20.9. The zero-order valence-corrected chi connectivity index (χ0v) is 12.6. The van der Waals surface area contributed by atoms with Crippen LogP contribution in [-0.2, 0) is 25.8 Å². The topological polar surface area (TPSA) is 30.9 Å². The fourth-order valence-corrected chi connectivity index (χ4v) is 3.98. The van der Waals surface area contributed by atoms with E-state index in [4.69, 9.17) is 5.73 Å². The highest BCUT2D eigenvalue weighted by Gasteiger charge is 2.17. The summed E-state index contributed by atoms with van der Waals surface area (Å²) in [7, 11) is 0. The first-order chi connectivity index (χ1) is 10.3. The van der Waals surface area contributed by atoms with Crippen molar-refractivity contribution in [2.24, 2.45) is 5.73 Å². The van der Waals surface area contributed by atoms with E-state index < -0.39 is 0 Å². The zero-order chi connectivity index (χ0) is 14.2. The number of hydrogen-bond donors (Lipinski definition) is 1. The second kappa shape index (κ2) is 5.34. The Morgan fingerprint density at radius 1 is 0.952 bits per heavy atom. The van der Waals surface area contributed by atoms with Gasteiger partial charge in [-0.25, -0.2) is 0 Å². The smallest absolute Gasteiger partial charge is 0.0470 e. The number of rotatable bonds is 2. The van der Waals surface area contributed by atoms with Gasteiger partial charge in [0.1, 0.15) is 0 Å². The largest absolute Gasteiger partial charge is 0.349 e. The number of aromatic nitrogens is 1. The Morgan fingerprint density at radius 2 is 1.81 bits per heavy atom. The van der Waals surface area contributed by atoms with Crippen molar-refractivity contribution in [3.05, 3.63) is 58.4 Å². The maximum atomic E-state index is 6.31. The molecule has 2 aromatic rings. The minimum absolute atomic E-state index is 0.240. The van der Waals surface area contributed by atoms with Crippen LogP contribution in [0.1, 0.15) is 59.5 Å². The van der Waals surface area contributed by atoms with E-state index in [9.17, 15) is 0 Å². The second-order valence-electron chi connectivity index (χ2n) is 6.72. The number of hydrogen-bond acceptors (Lipinski definition) is 1. The van der Waals surface area contributed by atoms with Crippen molar-refractivity contribution in [3.63, 3.8) is 0 Å². The number of nitrogens with zero attached hydrogens (tertiary/aromatic N) is 1. The molecule has 2 N–H and O–H groups in total. The lowest BCUT2D eigenvalue weighted by Crippen LogP contribution is -2.09. The summed E-state index contributed by atoms with van der Waals surface area (Å²) in [6.45, 7) is 0.979. The molecule has 0 fully saturated rings. The van der Waals surface area contributed by atoms with Crippen molar-refractivity contribution < 1.29 is 0 Å². The molecule has 0 saturated carbocycles. The van der Waals surface area contributed by atoms with Crippen molar-refractivity contribution in [1.82, 2.24) is 4.57 Å². The van der Waals surface area contributed by atoms with Crippen LogP contribution in [0, 0.1) is 0 Å². The highest BCUT2D eigenvalue weighted by molar-refractivity contribution is 5.36. The molecule has 1 atom stereocenters. The van der Waals surface area contributed by atoms with Gasteiger partial charge in [-0.1, -0.05) is 24.6 Å². The Balaban J connectivity index is 1.59. The Morgan fingerprint density at radius 3 is 2.76 bits per heavy atom. The van der Waals surface area contributed by atoms with Crippen molar-refractivity contribution in [2.75, 3.05) is 0 Å². The van der Waals surface area contributed by atoms with E-state index in [-0.39, 0.29) is 6.04 Å². The number of aryl methyl sites for hydroxylation is 3. The number of benzene rings is 1. The van der Waals surface area contributed by atoms with E-state index in [2.05, 4.69) is 35.2 Å². The van der Waals surface area contributed by atoms with Crippen LogP contribution in [0.4, 0.5) is 0 Å². The minimum Gasteiger partial charge on any atom is -0.349 e. The summed E-state index contributed by atoms with van der Waals surface area (Å²) in [5.41, 5.74) is 13.7. The van der Waals surface area contributed by atoms with E-state index >= 15 is 0 Å². The average molecular weight is 280 g/mol. The molecule has 0 aliphatic heterocycles. The molecule has 1 heterocycles. The number of nitrogens with two attached hydrogens (primary N) is 1. The molecule has 2 heteroatoms. The van der Waals surface area contributed by atoms with Crippen LogP contribution in [0.25, 0.3) is 0 Å². The van der Waals surface area contributed by atoms with Crippen LogP contribution in [0.5, 0.6) is 0 Å². The molecule has 2 nitrogen and oxygen atoms in total. The Bertz CT molecular complexity index is 654. The molecule has 0 radical (unpaired) electrons. The monoisotopic (exact) mass is 280 g/mol. The molecule has 0 spiro atoms. The zero-order valence-electron chi connectivity index (χ0n) is 12.6. The van der Waals surface area contributed by atoms with Gasteiger partial charge < -0.3 is 10.3 Å². The van der Waals surface area contributed by atoms with E-state index in [1.807, 2.05) is 0 Å². The summed E-state index contributed by atoms with van der Waals surface area (Å²) in [6, 6.07) is 7.28. The summed E-state index contributed by atoms with van der Waals surface area (Å²) < 4.78 is 2.34. The molecule has 0 bridgehead atoms. The van der Waals surface area contributed by atoms with E-state index in [1.165, 1.54) is 55.2 Å². The maximum absolute atomic E-state index is 6.31. The molecular formula is C19H24N2. The molecule has 1 aromatic heterocycles. The van der Waals surface area contributed by atoms with Crippen LogP contribution >= 0.6 is 0 Å². The van der Waals surface area contributed by atoms with E-state index in [1.54, 1.807) is 11.1 Å². The lowest BCUT2D eigenvalue weighted by molar-refractivity contribution is 0.610. The Kier molecular flexibility index (Phi) is 3.34. The number of fused-ring (bicyclic) bond motifs is 2. The van der Waals surface area contributed by atoms with Gasteiger partial charge in [0.15, 0.2) is 0 Å². The predicted octanol–water partition coefficient (Wildman–Crippen LogP) is 3.75. The van der Waals surface area contributed by atoms with Crippen LogP contribution in [0.2, 0.25) is 0 Å². The Hall–Kier alpha value is -1.54. The van der Waals surface area contributed by atoms with Crippen molar-refractivity contribution >= 4 is 0 Å². The molecule has 0 saturated heterocycles. The summed E-state index contributed by atoms with van der Waals surface area (Å²) in [4.78, 5) is 0. The molecule has 2 aliphatic carbocycles. The third-order valence-electron chi connectivity index (χ3n) is 5.14. The first-order valence-corrected chi connectivity index (χ1v) is 8.34. The minimum atomic E-state index is 0.240. The van der Waals surface area contributed by atoms with Crippen LogP contribution < -0.4 is 5.73 Å². The molecule has 110 valence electrons. The molecule has 1 aromatic carbocycles. The lowest BCUT2D eigenvalue weighted by Gasteiger charge is -2.08. The first-order valence-electron chi connectivity index (χ1n) is 8.34. The van der Waals surface area contributed by atoms with E-state index in [0.717, 1.165) is 13.0 Å². The highest BCUT2D eigenvalue weighted by Crippen LogP contribution is 2.28. The van der Waals surface area contributed by atoms with Gasteiger partial charge in [0, 0.05) is 25.0 Å². The summed E-state index contributed by atoms with van der Waals surface area (Å²) in [6.07, 6.45) is 13.3. The van der Waals surface area contributed by atoms with E-state index in [0.29, 0.717) is 0 Å². The van der Waals surface area contributed by atoms with Gasteiger partial charge in [-0.15, -0.1) is 0 Å².